The van der Waals surface area contributed by atoms with Crippen LogP contribution in [-0.2, 0) is 0 Å². The summed E-state index contributed by atoms with van der Waals surface area (Å²) in [5.41, 5.74) is 0. The molecular weight excluding hydrogens is 291 g/mol. The largest absolute Gasteiger partial charge is 0.126 e. The Labute approximate surface area is 81.5 Å². The molecule has 1 aliphatic carbocycles. The Hall–Kier alpha value is 1.54. The van der Waals surface area contributed by atoms with Crippen molar-refractivity contribution in [2.24, 2.45) is 11.8 Å². The summed E-state index contributed by atoms with van der Waals surface area (Å²) >= 11 is 18.3. The van der Waals surface area contributed by atoms with Crippen LogP contribution in [0.2, 0.25) is 0 Å². The molecule has 0 heterocycles. The second-order valence-electron chi connectivity index (χ2n) is 2.20. The normalized spacial score (nSPS) is 38.7. The highest BCUT2D eigenvalue weighted by atomic mass is 79.9. The van der Waals surface area contributed by atoms with Gasteiger partial charge in [0.25, 0.3) is 0 Å². The molecule has 54 valence electrons. The van der Waals surface area contributed by atoms with Crippen molar-refractivity contribution < 1.29 is 0 Å². The molecule has 0 radical (unpaired) electrons. The fraction of sp³-hybridized carbons (Fsp3) is 1.00. The summed E-state index contributed by atoms with van der Waals surface area (Å²) in [7, 11) is 0. The number of hydrogen-bond acceptors (Lipinski definition) is 0. The van der Waals surface area contributed by atoms with Gasteiger partial charge in [-0.3, -0.25) is 0 Å². The van der Waals surface area contributed by atoms with Gasteiger partial charge in [0.05, 0.1) is 3.23 Å². The third-order valence-electron chi connectivity index (χ3n) is 1.70. The lowest BCUT2D eigenvalue weighted by Crippen LogP contribution is -1.88. The van der Waals surface area contributed by atoms with E-state index in [-0.39, 0.29) is 3.23 Å². The van der Waals surface area contributed by atoms with Gasteiger partial charge < -0.3 is 0 Å². The quantitative estimate of drug-likeness (QED) is 0.687. The van der Waals surface area contributed by atoms with Gasteiger partial charge in [0.1, 0.15) is 0 Å². The zero-order valence-electron chi connectivity index (χ0n) is 4.58. The first-order chi connectivity index (χ1) is 4.14. The molecule has 0 bridgehead atoms. The van der Waals surface area contributed by atoms with E-state index in [1.807, 2.05) is 0 Å². The maximum absolute atomic E-state index is 5.64. The number of rotatable bonds is 2. The summed E-state index contributed by atoms with van der Waals surface area (Å²) < 4.78 is 0.0451. The highest BCUT2D eigenvalue weighted by Gasteiger charge is 2.60. The van der Waals surface area contributed by atoms with Crippen molar-refractivity contribution in [3.63, 3.8) is 0 Å². The summed E-state index contributed by atoms with van der Waals surface area (Å²) in [4.78, 5) is 0. The highest BCUT2D eigenvalue weighted by molar-refractivity contribution is 9.25. The summed E-state index contributed by atoms with van der Waals surface area (Å²) in [6, 6.07) is 0. The predicted octanol–water partition coefficient (Wildman–Crippen LogP) is 3.20. The molecule has 0 spiro atoms. The van der Waals surface area contributed by atoms with Crippen molar-refractivity contribution in [2.75, 3.05) is 11.8 Å². The van der Waals surface area contributed by atoms with Gasteiger partial charge in [-0.2, -0.15) is 0 Å². The van der Waals surface area contributed by atoms with Crippen LogP contribution in [0.15, 0.2) is 0 Å². The maximum Gasteiger partial charge on any atom is 0.0892 e. The number of halogens is 4. The minimum Gasteiger partial charge on any atom is -0.126 e. The van der Waals surface area contributed by atoms with Crippen LogP contribution < -0.4 is 0 Å². The van der Waals surface area contributed by atoms with E-state index in [1.165, 1.54) is 0 Å². The number of alkyl halides is 4. The Morgan fingerprint density at radius 3 is 1.56 bits per heavy atom. The minimum atomic E-state index is 0.0451. The molecule has 0 N–H and O–H groups in total. The minimum absolute atomic E-state index is 0.0451. The van der Waals surface area contributed by atoms with Crippen LogP contribution in [-0.4, -0.2) is 15.0 Å². The van der Waals surface area contributed by atoms with Crippen LogP contribution in [0.5, 0.6) is 0 Å². The first-order valence-corrected chi connectivity index (χ1v) is 5.29. The molecule has 1 rings (SSSR count). The van der Waals surface area contributed by atoms with E-state index in [0.29, 0.717) is 23.6 Å². The maximum atomic E-state index is 5.64. The molecule has 0 aromatic carbocycles. The molecule has 1 fully saturated rings. The average molecular weight is 297 g/mol. The van der Waals surface area contributed by atoms with E-state index in [1.54, 1.807) is 0 Å². The lowest BCUT2D eigenvalue weighted by Gasteiger charge is -1.91. The van der Waals surface area contributed by atoms with Gasteiger partial charge >= 0.3 is 0 Å². The van der Waals surface area contributed by atoms with Gasteiger partial charge in [-0.1, -0.05) is 31.9 Å². The smallest absolute Gasteiger partial charge is 0.0892 e. The standard InChI is InChI=1S/C5H6Br2Cl2/c6-5(7)3(1-8)4(5)2-9/h3-4H,1-2H2/t3-,4+. The lowest BCUT2D eigenvalue weighted by atomic mass is 10.4. The Bertz CT molecular complexity index is 104. The second kappa shape index (κ2) is 2.88. The average Bonchev–Trinajstić information content (AvgIpc) is 2.32. The molecule has 0 aliphatic heterocycles. The second-order valence-corrected chi connectivity index (χ2v) is 6.50. The zero-order valence-corrected chi connectivity index (χ0v) is 9.26. The molecule has 0 aromatic rings. The van der Waals surface area contributed by atoms with Crippen LogP contribution >= 0.6 is 55.1 Å². The Kier molecular flexibility index (Phi) is 2.76. The SMILES string of the molecule is ClC[C@@H]1[C@H](CCl)C1(Br)Br. The van der Waals surface area contributed by atoms with Gasteiger partial charge in [-0.05, 0) is 0 Å². The molecule has 4 heteroatoms. The van der Waals surface area contributed by atoms with Crippen molar-refractivity contribution in [1.29, 1.82) is 0 Å². The molecule has 1 saturated carbocycles. The van der Waals surface area contributed by atoms with E-state index in [2.05, 4.69) is 31.9 Å². The molecule has 1 aliphatic rings. The molecule has 0 nitrogen and oxygen atoms in total. The van der Waals surface area contributed by atoms with Crippen molar-refractivity contribution in [2.45, 2.75) is 3.23 Å². The van der Waals surface area contributed by atoms with E-state index in [0.717, 1.165) is 0 Å². The summed E-state index contributed by atoms with van der Waals surface area (Å²) in [6.07, 6.45) is 0. The summed E-state index contributed by atoms with van der Waals surface area (Å²) in [5.74, 6) is 2.34. The Morgan fingerprint density at radius 2 is 1.44 bits per heavy atom. The van der Waals surface area contributed by atoms with Crippen molar-refractivity contribution in [3.05, 3.63) is 0 Å². The van der Waals surface area contributed by atoms with Gasteiger partial charge in [-0.15, -0.1) is 23.2 Å². The third kappa shape index (κ3) is 1.42. The fourth-order valence-electron chi connectivity index (χ4n) is 0.881. The predicted molar refractivity (Wildman–Crippen MR) is 49.0 cm³/mol. The first kappa shape index (κ1) is 8.63. The fourth-order valence-corrected chi connectivity index (χ4v) is 4.20. The molecule has 0 amide bonds. The Balaban J connectivity index is 2.45. The van der Waals surface area contributed by atoms with Gasteiger partial charge in [0.2, 0.25) is 0 Å². The van der Waals surface area contributed by atoms with E-state index in [9.17, 15) is 0 Å². The van der Waals surface area contributed by atoms with Crippen LogP contribution in [0, 0.1) is 11.8 Å². The highest BCUT2D eigenvalue weighted by Crippen LogP contribution is 2.62. The molecular formula is C5H6Br2Cl2. The topological polar surface area (TPSA) is 0 Å². The van der Waals surface area contributed by atoms with Crippen molar-refractivity contribution in [1.82, 2.24) is 0 Å². The van der Waals surface area contributed by atoms with E-state index in [4.69, 9.17) is 23.2 Å². The van der Waals surface area contributed by atoms with Gasteiger partial charge in [-0.25, -0.2) is 0 Å². The molecule has 0 aromatic heterocycles. The van der Waals surface area contributed by atoms with Crippen molar-refractivity contribution >= 4 is 55.1 Å². The van der Waals surface area contributed by atoms with Gasteiger partial charge in [0.15, 0.2) is 0 Å². The third-order valence-corrected chi connectivity index (χ3v) is 4.72. The molecule has 0 saturated heterocycles. The molecule has 0 unspecified atom stereocenters. The number of hydrogen-bond donors (Lipinski definition) is 0. The summed E-state index contributed by atoms with van der Waals surface area (Å²) in [5, 5.41) is 0. The van der Waals surface area contributed by atoms with Crippen molar-refractivity contribution in [3.8, 4) is 0 Å². The van der Waals surface area contributed by atoms with E-state index < -0.39 is 0 Å². The van der Waals surface area contributed by atoms with Crippen LogP contribution in [0.1, 0.15) is 0 Å². The van der Waals surface area contributed by atoms with Gasteiger partial charge in [0, 0.05) is 23.6 Å². The van der Waals surface area contributed by atoms with Crippen LogP contribution in [0.3, 0.4) is 0 Å². The van der Waals surface area contributed by atoms with E-state index >= 15 is 0 Å². The summed E-state index contributed by atoms with van der Waals surface area (Å²) in [6.45, 7) is 0. The monoisotopic (exact) mass is 294 g/mol. The first-order valence-electron chi connectivity index (χ1n) is 2.64. The Morgan fingerprint density at radius 1 is 1.11 bits per heavy atom. The molecule has 9 heavy (non-hydrogen) atoms. The lowest BCUT2D eigenvalue weighted by molar-refractivity contribution is 0.848. The molecule has 2 atom stereocenters. The zero-order chi connectivity index (χ0) is 7.07. The van der Waals surface area contributed by atoms with Crippen LogP contribution in [0.4, 0.5) is 0 Å². The van der Waals surface area contributed by atoms with Crippen LogP contribution in [0.25, 0.3) is 0 Å².